The first-order chi connectivity index (χ1) is 12.3. The van der Waals surface area contributed by atoms with Gasteiger partial charge in [-0.2, -0.15) is 5.10 Å². The number of hydrogen-bond donors (Lipinski definition) is 2. The van der Waals surface area contributed by atoms with E-state index in [9.17, 15) is 9.90 Å². The van der Waals surface area contributed by atoms with E-state index in [2.05, 4.69) is 38.1 Å². The van der Waals surface area contributed by atoms with Crippen molar-refractivity contribution in [1.29, 1.82) is 0 Å². The molecule has 0 bridgehead atoms. The average molecular weight is 358 g/mol. The SMILES string of the molecule is CC(C)c1cc(C(=O)N[C@@H]2CCC[C@@]2(C)CO)c2cnn(C(C)C)c2n1. The number of amides is 1. The van der Waals surface area contributed by atoms with Crippen molar-refractivity contribution in [2.45, 2.75) is 71.9 Å². The molecule has 2 aromatic rings. The summed E-state index contributed by atoms with van der Waals surface area (Å²) in [6.45, 7) is 10.4. The molecule has 1 amide bonds. The van der Waals surface area contributed by atoms with E-state index in [-0.39, 0.29) is 35.9 Å². The van der Waals surface area contributed by atoms with Crippen LogP contribution in [0.25, 0.3) is 11.0 Å². The van der Waals surface area contributed by atoms with Crippen LogP contribution in [-0.2, 0) is 0 Å². The van der Waals surface area contributed by atoms with Crippen molar-refractivity contribution in [2.24, 2.45) is 5.41 Å². The number of nitrogens with one attached hydrogen (secondary N) is 1. The molecule has 1 aliphatic rings. The molecule has 1 fully saturated rings. The highest BCUT2D eigenvalue weighted by Crippen LogP contribution is 2.37. The fourth-order valence-electron chi connectivity index (χ4n) is 3.80. The fraction of sp³-hybridized carbons (Fsp3) is 0.650. The molecular weight excluding hydrogens is 328 g/mol. The summed E-state index contributed by atoms with van der Waals surface area (Å²) in [6, 6.07) is 2.05. The summed E-state index contributed by atoms with van der Waals surface area (Å²) in [6.07, 6.45) is 4.60. The van der Waals surface area contributed by atoms with Crippen LogP contribution in [0.2, 0.25) is 0 Å². The first-order valence-corrected chi connectivity index (χ1v) is 9.56. The van der Waals surface area contributed by atoms with Crippen molar-refractivity contribution < 1.29 is 9.90 Å². The summed E-state index contributed by atoms with van der Waals surface area (Å²) in [5, 5.41) is 18.2. The Bertz CT molecular complexity index is 811. The zero-order valence-corrected chi connectivity index (χ0v) is 16.4. The van der Waals surface area contributed by atoms with Gasteiger partial charge in [-0.3, -0.25) is 4.79 Å². The quantitative estimate of drug-likeness (QED) is 0.858. The molecule has 6 nitrogen and oxygen atoms in total. The Hall–Kier alpha value is -1.95. The third kappa shape index (κ3) is 3.22. The number of carbonyl (C=O) groups is 1. The van der Waals surface area contributed by atoms with Gasteiger partial charge in [0.1, 0.15) is 0 Å². The molecule has 3 rings (SSSR count). The molecule has 1 aliphatic carbocycles. The van der Waals surface area contributed by atoms with Gasteiger partial charge in [-0.25, -0.2) is 9.67 Å². The Kier molecular flexibility index (Phi) is 5.06. The molecule has 0 saturated heterocycles. The Morgan fingerprint density at radius 2 is 2.15 bits per heavy atom. The van der Waals surface area contributed by atoms with Crippen molar-refractivity contribution in [3.05, 3.63) is 23.5 Å². The first-order valence-electron chi connectivity index (χ1n) is 9.56. The van der Waals surface area contributed by atoms with E-state index in [0.717, 1.165) is 36.0 Å². The maximum Gasteiger partial charge on any atom is 0.252 e. The molecule has 0 spiro atoms. The number of carbonyl (C=O) groups excluding carboxylic acids is 1. The Labute approximate surface area is 155 Å². The maximum atomic E-state index is 13.1. The van der Waals surface area contributed by atoms with E-state index in [1.807, 2.05) is 17.7 Å². The van der Waals surface area contributed by atoms with Gasteiger partial charge in [0, 0.05) is 23.2 Å². The zero-order valence-electron chi connectivity index (χ0n) is 16.4. The van der Waals surface area contributed by atoms with E-state index >= 15 is 0 Å². The van der Waals surface area contributed by atoms with Crippen molar-refractivity contribution in [3.63, 3.8) is 0 Å². The Balaban J connectivity index is 2.02. The largest absolute Gasteiger partial charge is 0.396 e. The number of pyridine rings is 1. The smallest absolute Gasteiger partial charge is 0.252 e. The lowest BCUT2D eigenvalue weighted by Crippen LogP contribution is -2.44. The number of hydrogen-bond acceptors (Lipinski definition) is 4. The summed E-state index contributed by atoms with van der Waals surface area (Å²) in [4.78, 5) is 17.9. The molecule has 26 heavy (non-hydrogen) atoms. The van der Waals surface area contributed by atoms with E-state index in [1.54, 1.807) is 6.20 Å². The summed E-state index contributed by atoms with van der Waals surface area (Å²) in [7, 11) is 0. The van der Waals surface area contributed by atoms with E-state index in [0.29, 0.717) is 5.56 Å². The number of aromatic nitrogens is 3. The van der Waals surface area contributed by atoms with Crippen LogP contribution < -0.4 is 5.32 Å². The third-order valence-corrected chi connectivity index (χ3v) is 5.66. The standard InChI is InChI=1S/C20H30N4O2/c1-12(2)16-9-14(15-10-21-24(13(3)4)18(15)22-16)19(26)23-17-7-6-8-20(17,5)11-25/h9-10,12-13,17,25H,6-8,11H2,1-5H3,(H,23,26)/t17-,20+/m1/s1. The van der Waals surface area contributed by atoms with Gasteiger partial charge in [0.05, 0.1) is 23.8 Å². The lowest BCUT2D eigenvalue weighted by Gasteiger charge is -2.30. The number of rotatable bonds is 5. The van der Waals surface area contributed by atoms with Gasteiger partial charge >= 0.3 is 0 Å². The Morgan fingerprint density at radius 3 is 2.77 bits per heavy atom. The van der Waals surface area contributed by atoms with Gasteiger partial charge in [-0.05, 0) is 38.7 Å². The lowest BCUT2D eigenvalue weighted by atomic mass is 9.85. The molecule has 0 unspecified atom stereocenters. The Morgan fingerprint density at radius 1 is 1.42 bits per heavy atom. The van der Waals surface area contributed by atoms with Gasteiger partial charge in [0.25, 0.3) is 5.91 Å². The lowest BCUT2D eigenvalue weighted by molar-refractivity contribution is 0.0832. The van der Waals surface area contributed by atoms with Crippen LogP contribution in [0.3, 0.4) is 0 Å². The molecule has 6 heteroatoms. The molecule has 2 aromatic heterocycles. The minimum Gasteiger partial charge on any atom is -0.396 e. The minimum atomic E-state index is -0.245. The zero-order chi connectivity index (χ0) is 19.1. The van der Waals surface area contributed by atoms with Crippen molar-refractivity contribution in [1.82, 2.24) is 20.1 Å². The monoisotopic (exact) mass is 358 g/mol. The van der Waals surface area contributed by atoms with E-state index < -0.39 is 0 Å². The summed E-state index contributed by atoms with van der Waals surface area (Å²) in [5.41, 5.74) is 2.03. The number of aliphatic hydroxyl groups excluding tert-OH is 1. The highest BCUT2D eigenvalue weighted by atomic mass is 16.3. The van der Waals surface area contributed by atoms with Crippen molar-refractivity contribution in [3.8, 4) is 0 Å². The van der Waals surface area contributed by atoms with Gasteiger partial charge < -0.3 is 10.4 Å². The topological polar surface area (TPSA) is 80.0 Å². The minimum absolute atomic E-state index is 0.00846. The van der Waals surface area contributed by atoms with Gasteiger partial charge in [-0.1, -0.05) is 27.2 Å². The van der Waals surface area contributed by atoms with Crippen molar-refractivity contribution >= 4 is 16.9 Å². The summed E-state index contributed by atoms with van der Waals surface area (Å²) < 4.78 is 1.87. The second-order valence-electron chi connectivity index (χ2n) is 8.40. The normalized spacial score (nSPS) is 23.3. The van der Waals surface area contributed by atoms with Gasteiger partial charge in [-0.15, -0.1) is 0 Å². The number of aliphatic hydroxyl groups is 1. The predicted octanol–water partition coefficient (Wildman–Crippen LogP) is 3.42. The number of nitrogens with zero attached hydrogens (tertiary/aromatic N) is 3. The fourth-order valence-corrected chi connectivity index (χ4v) is 3.80. The first kappa shape index (κ1) is 18.8. The van der Waals surface area contributed by atoms with Crippen LogP contribution in [0.1, 0.15) is 81.9 Å². The van der Waals surface area contributed by atoms with Crippen LogP contribution in [-0.4, -0.2) is 38.4 Å². The molecular formula is C20H30N4O2. The van der Waals surface area contributed by atoms with Crippen LogP contribution in [0.4, 0.5) is 0 Å². The maximum absolute atomic E-state index is 13.1. The van der Waals surface area contributed by atoms with E-state index in [1.165, 1.54) is 0 Å². The molecule has 0 aromatic carbocycles. The third-order valence-electron chi connectivity index (χ3n) is 5.66. The molecule has 0 radical (unpaired) electrons. The highest BCUT2D eigenvalue weighted by Gasteiger charge is 2.39. The van der Waals surface area contributed by atoms with Crippen LogP contribution >= 0.6 is 0 Å². The molecule has 142 valence electrons. The molecule has 0 aliphatic heterocycles. The van der Waals surface area contributed by atoms with E-state index in [4.69, 9.17) is 4.98 Å². The van der Waals surface area contributed by atoms with Crippen LogP contribution in [0, 0.1) is 5.41 Å². The molecule has 2 heterocycles. The van der Waals surface area contributed by atoms with Gasteiger partial charge in [0.15, 0.2) is 5.65 Å². The highest BCUT2D eigenvalue weighted by molar-refractivity contribution is 6.05. The average Bonchev–Trinajstić information content (AvgIpc) is 3.18. The second kappa shape index (κ2) is 6.99. The predicted molar refractivity (Wildman–Crippen MR) is 102 cm³/mol. The number of fused-ring (bicyclic) bond motifs is 1. The molecule has 1 saturated carbocycles. The molecule has 2 N–H and O–H groups in total. The van der Waals surface area contributed by atoms with Crippen molar-refractivity contribution in [2.75, 3.05) is 6.61 Å². The summed E-state index contributed by atoms with van der Waals surface area (Å²) >= 11 is 0. The van der Waals surface area contributed by atoms with Gasteiger partial charge in [0.2, 0.25) is 0 Å². The van der Waals surface area contributed by atoms with Crippen LogP contribution in [0.15, 0.2) is 12.3 Å². The van der Waals surface area contributed by atoms with Crippen LogP contribution in [0.5, 0.6) is 0 Å². The summed E-state index contributed by atoms with van der Waals surface area (Å²) in [5.74, 6) is 0.116. The molecule has 2 atom stereocenters. The second-order valence-corrected chi connectivity index (χ2v) is 8.40.